The molecule has 0 rings (SSSR count). The first-order valence-electron chi connectivity index (χ1n) is 2.25. The zero-order valence-corrected chi connectivity index (χ0v) is 5.80. The third-order valence-electron chi connectivity index (χ3n) is 0.460. The first kappa shape index (κ1) is 8.45. The number of hydrogen-bond donors (Lipinski definition) is 2. The van der Waals surface area contributed by atoms with E-state index in [1.807, 2.05) is 0 Å². The van der Waals surface area contributed by atoms with Gasteiger partial charge in [-0.05, 0) is 13.0 Å². The average Bonchev–Trinajstić information content (AvgIpc) is 1.63. The maximum Gasteiger partial charge on any atom is 0.357 e. The van der Waals surface area contributed by atoms with Crippen LogP contribution in [0, 0.1) is 0 Å². The van der Waals surface area contributed by atoms with Gasteiger partial charge in [-0.15, -0.1) is 0 Å². The summed E-state index contributed by atoms with van der Waals surface area (Å²) in [5.74, 6) is 0.674. The first-order chi connectivity index (χ1) is 4.06. The molecule has 0 heterocycles. The zero-order chi connectivity index (χ0) is 7.33. The Kier molecular flexibility index (Phi) is 3.26. The van der Waals surface area contributed by atoms with Crippen molar-refractivity contribution < 1.29 is 14.4 Å². The molecular weight excluding hydrogens is 139 g/mol. The van der Waals surface area contributed by atoms with Crippen LogP contribution in [0.1, 0.15) is 6.92 Å². The summed E-state index contributed by atoms with van der Waals surface area (Å²) >= 11 is 0. The highest BCUT2D eigenvalue weighted by Gasteiger charge is 2.03. The van der Waals surface area contributed by atoms with Crippen LogP contribution in [0.25, 0.3) is 0 Å². The van der Waals surface area contributed by atoms with Crippen molar-refractivity contribution in [2.45, 2.75) is 6.92 Å². The lowest BCUT2D eigenvalue weighted by atomic mass is 10.7. The summed E-state index contributed by atoms with van der Waals surface area (Å²) in [6.45, 7) is 1.68. The summed E-state index contributed by atoms with van der Waals surface area (Å²) < 4.78 is 10.0. The van der Waals surface area contributed by atoms with E-state index in [1.165, 1.54) is 6.08 Å². The summed E-state index contributed by atoms with van der Waals surface area (Å²) in [5, 5.41) is 0. The standard InChI is InChI=1S/C5H7O3P/c1-2-3-4-5-9(6,7)8/h2,5H,1H3,(H2,6,7,8). The molecule has 9 heavy (non-hydrogen) atoms. The monoisotopic (exact) mass is 146 g/mol. The average molecular weight is 146 g/mol. The Labute approximate surface area is 53.2 Å². The normalized spacial score (nSPS) is 9.22. The number of rotatable bonds is 1. The van der Waals surface area contributed by atoms with Gasteiger partial charge in [0.05, 0.1) is 5.82 Å². The maximum atomic E-state index is 10.0. The minimum atomic E-state index is -4.01. The van der Waals surface area contributed by atoms with Crippen LogP contribution in [0.4, 0.5) is 0 Å². The highest BCUT2D eigenvalue weighted by atomic mass is 31.2. The predicted octanol–water partition coefficient (Wildman–Crippen LogP) is 1.01. The first-order valence-corrected chi connectivity index (χ1v) is 3.93. The van der Waals surface area contributed by atoms with Crippen molar-refractivity contribution in [3.05, 3.63) is 23.4 Å². The van der Waals surface area contributed by atoms with E-state index in [9.17, 15) is 4.57 Å². The van der Waals surface area contributed by atoms with Gasteiger partial charge in [-0.3, -0.25) is 4.57 Å². The van der Waals surface area contributed by atoms with E-state index >= 15 is 0 Å². The van der Waals surface area contributed by atoms with E-state index in [0.29, 0.717) is 5.82 Å². The molecular formula is C5H7O3P. The predicted molar refractivity (Wildman–Crippen MR) is 33.9 cm³/mol. The summed E-state index contributed by atoms with van der Waals surface area (Å²) in [6.07, 6.45) is 1.51. The van der Waals surface area contributed by atoms with Crippen LogP contribution in [-0.4, -0.2) is 9.79 Å². The summed E-state index contributed by atoms with van der Waals surface area (Å²) in [7, 11) is -4.01. The van der Waals surface area contributed by atoms with E-state index in [2.05, 4.69) is 11.5 Å². The van der Waals surface area contributed by atoms with Gasteiger partial charge in [-0.1, -0.05) is 11.5 Å². The molecule has 0 aromatic rings. The van der Waals surface area contributed by atoms with Gasteiger partial charge in [0.15, 0.2) is 0 Å². The van der Waals surface area contributed by atoms with E-state index < -0.39 is 7.60 Å². The topological polar surface area (TPSA) is 57.5 Å². The Morgan fingerprint density at radius 2 is 2.00 bits per heavy atom. The Morgan fingerprint density at radius 3 is 2.33 bits per heavy atom. The second kappa shape index (κ2) is 3.47. The van der Waals surface area contributed by atoms with Crippen molar-refractivity contribution >= 4 is 7.60 Å². The van der Waals surface area contributed by atoms with Gasteiger partial charge in [-0.25, -0.2) is 0 Å². The molecule has 0 fully saturated rings. The van der Waals surface area contributed by atoms with Gasteiger partial charge in [0.2, 0.25) is 0 Å². The molecule has 0 spiro atoms. The molecule has 0 bridgehead atoms. The Bertz CT molecular complexity index is 212. The molecule has 2 N–H and O–H groups in total. The van der Waals surface area contributed by atoms with Gasteiger partial charge in [0, 0.05) is 0 Å². The molecule has 0 saturated carbocycles. The SMILES string of the molecule is CC=C=C=CP(=O)(O)O. The van der Waals surface area contributed by atoms with Crippen LogP contribution in [0.2, 0.25) is 0 Å². The van der Waals surface area contributed by atoms with Crippen LogP contribution >= 0.6 is 7.60 Å². The fraction of sp³-hybridized carbons (Fsp3) is 0.200. The van der Waals surface area contributed by atoms with Gasteiger partial charge in [0.25, 0.3) is 0 Å². The van der Waals surface area contributed by atoms with Crippen molar-refractivity contribution in [1.29, 1.82) is 0 Å². The third-order valence-corrected chi connectivity index (χ3v) is 0.926. The van der Waals surface area contributed by atoms with E-state index in [1.54, 1.807) is 6.92 Å². The molecule has 0 atom stereocenters. The molecule has 0 saturated heterocycles. The summed E-state index contributed by atoms with van der Waals surface area (Å²) in [5.41, 5.74) is 4.56. The van der Waals surface area contributed by atoms with Crippen LogP contribution in [-0.2, 0) is 4.57 Å². The van der Waals surface area contributed by atoms with Crippen molar-refractivity contribution in [2.75, 3.05) is 0 Å². The number of allylic oxidation sites excluding steroid dienone is 1. The van der Waals surface area contributed by atoms with E-state index in [0.717, 1.165) is 0 Å². The molecule has 50 valence electrons. The number of hydrogen-bond acceptors (Lipinski definition) is 1. The second-order valence-electron chi connectivity index (χ2n) is 1.30. The van der Waals surface area contributed by atoms with Gasteiger partial charge < -0.3 is 9.79 Å². The molecule has 0 radical (unpaired) electrons. The summed E-state index contributed by atoms with van der Waals surface area (Å²) in [4.78, 5) is 16.4. The molecule has 4 heteroatoms. The fourth-order valence-corrected chi connectivity index (χ4v) is 0.447. The minimum absolute atomic E-state index is 0.674. The van der Waals surface area contributed by atoms with Gasteiger partial charge in [-0.2, -0.15) is 0 Å². The molecule has 0 aliphatic rings. The van der Waals surface area contributed by atoms with Crippen LogP contribution in [0.15, 0.2) is 23.4 Å². The Balaban J connectivity index is 4.37. The lowest BCUT2D eigenvalue weighted by Crippen LogP contribution is -1.64. The molecule has 0 aliphatic carbocycles. The van der Waals surface area contributed by atoms with Crippen molar-refractivity contribution in [3.8, 4) is 0 Å². The molecule has 0 aliphatic heterocycles. The molecule has 3 nitrogen and oxygen atoms in total. The molecule has 0 unspecified atom stereocenters. The third kappa shape index (κ3) is 7.45. The van der Waals surface area contributed by atoms with Gasteiger partial charge >= 0.3 is 7.60 Å². The van der Waals surface area contributed by atoms with Gasteiger partial charge in [0.1, 0.15) is 0 Å². The lowest BCUT2D eigenvalue weighted by molar-refractivity contribution is 0.386. The van der Waals surface area contributed by atoms with Crippen molar-refractivity contribution in [1.82, 2.24) is 0 Å². The van der Waals surface area contributed by atoms with Crippen LogP contribution < -0.4 is 0 Å². The molecule has 0 aromatic carbocycles. The highest BCUT2D eigenvalue weighted by Crippen LogP contribution is 2.34. The quantitative estimate of drug-likeness (QED) is 0.428. The van der Waals surface area contributed by atoms with Crippen molar-refractivity contribution in [2.24, 2.45) is 0 Å². The maximum absolute atomic E-state index is 10.0. The lowest BCUT2D eigenvalue weighted by Gasteiger charge is -1.87. The minimum Gasteiger partial charge on any atom is -0.321 e. The smallest absolute Gasteiger partial charge is 0.321 e. The molecule has 0 aromatic heterocycles. The Morgan fingerprint density at radius 1 is 1.44 bits per heavy atom. The van der Waals surface area contributed by atoms with E-state index in [-0.39, 0.29) is 0 Å². The van der Waals surface area contributed by atoms with E-state index in [4.69, 9.17) is 9.79 Å². The molecule has 0 amide bonds. The Hall–Kier alpha value is -0.550. The van der Waals surface area contributed by atoms with Crippen molar-refractivity contribution in [3.63, 3.8) is 0 Å². The highest BCUT2D eigenvalue weighted by molar-refractivity contribution is 7.55. The second-order valence-corrected chi connectivity index (χ2v) is 2.73. The largest absolute Gasteiger partial charge is 0.357 e. The van der Waals surface area contributed by atoms with Crippen LogP contribution in [0.3, 0.4) is 0 Å². The van der Waals surface area contributed by atoms with Crippen LogP contribution in [0.5, 0.6) is 0 Å². The zero-order valence-electron chi connectivity index (χ0n) is 4.90. The summed E-state index contributed by atoms with van der Waals surface area (Å²) in [6, 6.07) is 0. The fourth-order valence-electron chi connectivity index (χ4n) is 0.205.